The van der Waals surface area contributed by atoms with Crippen LogP contribution in [-0.4, -0.2) is 24.3 Å². The first kappa shape index (κ1) is 17.6. The van der Waals surface area contributed by atoms with Gasteiger partial charge in [0.25, 0.3) is 6.43 Å². The number of rotatable bonds is 7. The van der Waals surface area contributed by atoms with E-state index in [4.69, 9.17) is 9.47 Å². The smallest absolute Gasteiger partial charge is 0.280 e. The molecule has 0 bridgehead atoms. The van der Waals surface area contributed by atoms with Gasteiger partial charge in [-0.2, -0.15) is 0 Å². The summed E-state index contributed by atoms with van der Waals surface area (Å²) in [6.07, 6.45) is 1.29. The van der Waals surface area contributed by atoms with Gasteiger partial charge in [0.2, 0.25) is 0 Å². The summed E-state index contributed by atoms with van der Waals surface area (Å²) in [5.74, 6) is 0.802. The van der Waals surface area contributed by atoms with Gasteiger partial charge in [0.1, 0.15) is 18.1 Å². The number of anilines is 1. The van der Waals surface area contributed by atoms with Crippen LogP contribution >= 0.6 is 0 Å². The number of hydrogen-bond donors (Lipinski definition) is 1. The van der Waals surface area contributed by atoms with Crippen molar-refractivity contribution in [2.24, 2.45) is 0 Å². The lowest BCUT2D eigenvalue weighted by Crippen LogP contribution is -2.16. The molecule has 0 radical (unpaired) electrons. The van der Waals surface area contributed by atoms with Crippen molar-refractivity contribution in [2.75, 3.05) is 18.5 Å². The van der Waals surface area contributed by atoms with E-state index in [1.165, 1.54) is 12.3 Å². The van der Waals surface area contributed by atoms with Gasteiger partial charge in [0.05, 0.1) is 12.1 Å². The number of alkyl halides is 2. The molecule has 4 nitrogen and oxygen atoms in total. The monoisotopic (exact) mass is 348 g/mol. The van der Waals surface area contributed by atoms with Crippen LogP contribution in [0.25, 0.3) is 0 Å². The van der Waals surface area contributed by atoms with Crippen LogP contribution in [0.4, 0.5) is 14.5 Å². The molecule has 134 valence electrons. The van der Waals surface area contributed by atoms with Crippen molar-refractivity contribution in [1.29, 1.82) is 0 Å². The Kier molecular flexibility index (Phi) is 5.81. The molecule has 1 aliphatic rings. The number of pyridine rings is 1. The van der Waals surface area contributed by atoms with E-state index in [1.54, 1.807) is 6.07 Å². The fourth-order valence-corrected chi connectivity index (χ4v) is 2.75. The highest BCUT2D eigenvalue weighted by Gasteiger charge is 2.16. The molecule has 1 aromatic carbocycles. The average molecular weight is 348 g/mol. The van der Waals surface area contributed by atoms with Crippen LogP contribution in [0.1, 0.15) is 43.5 Å². The quantitative estimate of drug-likeness (QED) is 0.784. The molecule has 1 N–H and O–H groups in total. The lowest BCUT2D eigenvalue weighted by atomic mass is 10.1. The Morgan fingerprint density at radius 3 is 2.64 bits per heavy atom. The fourth-order valence-electron chi connectivity index (χ4n) is 2.75. The predicted molar refractivity (Wildman–Crippen MR) is 92.1 cm³/mol. The summed E-state index contributed by atoms with van der Waals surface area (Å²) in [4.78, 5) is 3.80. The number of halogens is 2. The van der Waals surface area contributed by atoms with Gasteiger partial charge in [-0.05, 0) is 55.7 Å². The molecule has 1 aromatic heterocycles. The molecule has 25 heavy (non-hydrogen) atoms. The van der Waals surface area contributed by atoms with Crippen LogP contribution in [0, 0.1) is 0 Å². The van der Waals surface area contributed by atoms with Gasteiger partial charge in [-0.1, -0.05) is 6.07 Å². The van der Waals surface area contributed by atoms with Crippen molar-refractivity contribution < 1.29 is 18.3 Å². The normalized spacial score (nSPS) is 18.3. The topological polar surface area (TPSA) is 43.4 Å². The molecule has 0 amide bonds. The Hall–Kier alpha value is -2.21. The first-order valence-corrected chi connectivity index (χ1v) is 8.47. The van der Waals surface area contributed by atoms with E-state index in [1.807, 2.05) is 31.2 Å². The first-order chi connectivity index (χ1) is 12.1. The zero-order valence-corrected chi connectivity index (χ0v) is 14.1. The van der Waals surface area contributed by atoms with Gasteiger partial charge >= 0.3 is 0 Å². The van der Waals surface area contributed by atoms with E-state index in [2.05, 4.69) is 10.3 Å². The molecule has 1 saturated heterocycles. The highest BCUT2D eigenvalue weighted by molar-refractivity contribution is 5.48. The minimum absolute atomic E-state index is 0.0436. The zero-order valence-electron chi connectivity index (χ0n) is 14.1. The van der Waals surface area contributed by atoms with Crippen LogP contribution in [-0.2, 0) is 4.74 Å². The maximum Gasteiger partial charge on any atom is 0.280 e. The molecule has 0 spiro atoms. The van der Waals surface area contributed by atoms with E-state index in [0.717, 1.165) is 36.4 Å². The Morgan fingerprint density at radius 1 is 1.24 bits per heavy atom. The number of nitrogens with one attached hydrogen (secondary N) is 1. The molecule has 2 atom stereocenters. The van der Waals surface area contributed by atoms with E-state index >= 15 is 0 Å². The SMILES string of the molecule is CC(Nc1ccc(OCC2CCCO2)cc1)c1ccc(C(F)F)nc1. The number of ether oxygens (including phenoxy) is 2. The maximum atomic E-state index is 12.5. The Morgan fingerprint density at radius 2 is 2.04 bits per heavy atom. The molecular formula is C19H22F2N2O2. The summed E-state index contributed by atoms with van der Waals surface area (Å²) in [6, 6.07) is 10.7. The van der Waals surface area contributed by atoms with Crippen molar-refractivity contribution in [3.8, 4) is 5.75 Å². The number of nitrogens with zero attached hydrogens (tertiary/aromatic N) is 1. The maximum absolute atomic E-state index is 12.5. The van der Waals surface area contributed by atoms with Crippen LogP contribution in [0.2, 0.25) is 0 Å². The summed E-state index contributed by atoms with van der Waals surface area (Å²) in [5, 5.41) is 3.32. The van der Waals surface area contributed by atoms with Crippen LogP contribution < -0.4 is 10.1 Å². The molecular weight excluding hydrogens is 326 g/mol. The van der Waals surface area contributed by atoms with Crippen molar-refractivity contribution in [2.45, 2.75) is 38.3 Å². The summed E-state index contributed by atoms with van der Waals surface area (Å²) < 4.78 is 36.4. The van der Waals surface area contributed by atoms with Crippen molar-refractivity contribution in [3.05, 3.63) is 53.9 Å². The molecule has 0 aliphatic carbocycles. The summed E-state index contributed by atoms with van der Waals surface area (Å²) in [7, 11) is 0. The molecule has 2 unspecified atom stereocenters. The van der Waals surface area contributed by atoms with E-state index < -0.39 is 6.43 Å². The average Bonchev–Trinajstić information content (AvgIpc) is 3.15. The predicted octanol–water partition coefficient (Wildman–Crippen LogP) is 4.75. The number of hydrogen-bond acceptors (Lipinski definition) is 4. The Bertz CT molecular complexity index is 656. The molecule has 6 heteroatoms. The highest BCUT2D eigenvalue weighted by Crippen LogP contribution is 2.23. The van der Waals surface area contributed by atoms with Crippen LogP contribution in [0.5, 0.6) is 5.75 Å². The molecule has 0 saturated carbocycles. The van der Waals surface area contributed by atoms with Crippen molar-refractivity contribution in [1.82, 2.24) is 4.98 Å². The standard InChI is InChI=1S/C19H22F2N2O2/c1-13(14-4-9-18(19(20)21)22-11-14)23-15-5-7-16(8-6-15)25-12-17-3-2-10-24-17/h4-9,11,13,17,19,23H,2-3,10,12H2,1H3. The van der Waals surface area contributed by atoms with E-state index in [-0.39, 0.29) is 17.8 Å². The summed E-state index contributed by atoms with van der Waals surface area (Å²) >= 11 is 0. The van der Waals surface area contributed by atoms with Crippen molar-refractivity contribution in [3.63, 3.8) is 0 Å². The largest absolute Gasteiger partial charge is 0.491 e. The molecule has 2 aromatic rings. The van der Waals surface area contributed by atoms with Gasteiger partial charge in [0, 0.05) is 18.5 Å². The van der Waals surface area contributed by atoms with Gasteiger partial charge < -0.3 is 14.8 Å². The molecule has 3 rings (SSSR count). The summed E-state index contributed by atoms with van der Waals surface area (Å²) in [6.45, 7) is 3.36. The van der Waals surface area contributed by atoms with Crippen LogP contribution in [0.3, 0.4) is 0 Å². The van der Waals surface area contributed by atoms with E-state index in [0.29, 0.717) is 6.61 Å². The second kappa shape index (κ2) is 8.25. The third-order valence-electron chi connectivity index (χ3n) is 4.23. The lowest BCUT2D eigenvalue weighted by Gasteiger charge is -2.16. The zero-order chi connectivity index (χ0) is 17.6. The Balaban J connectivity index is 1.53. The summed E-state index contributed by atoms with van der Waals surface area (Å²) in [5.41, 5.74) is 1.57. The minimum atomic E-state index is -2.54. The molecule has 2 heterocycles. The Labute approximate surface area is 146 Å². The third-order valence-corrected chi connectivity index (χ3v) is 4.23. The fraction of sp³-hybridized carbons (Fsp3) is 0.421. The second-order valence-corrected chi connectivity index (χ2v) is 6.15. The third kappa shape index (κ3) is 4.89. The van der Waals surface area contributed by atoms with Crippen LogP contribution in [0.15, 0.2) is 42.6 Å². The van der Waals surface area contributed by atoms with E-state index in [9.17, 15) is 8.78 Å². The van der Waals surface area contributed by atoms with Gasteiger partial charge in [-0.15, -0.1) is 0 Å². The molecule has 1 fully saturated rings. The first-order valence-electron chi connectivity index (χ1n) is 8.47. The highest BCUT2D eigenvalue weighted by atomic mass is 19.3. The van der Waals surface area contributed by atoms with Gasteiger partial charge in [0.15, 0.2) is 0 Å². The minimum Gasteiger partial charge on any atom is -0.491 e. The van der Waals surface area contributed by atoms with Gasteiger partial charge in [-0.3, -0.25) is 4.98 Å². The second-order valence-electron chi connectivity index (χ2n) is 6.15. The molecule has 1 aliphatic heterocycles. The van der Waals surface area contributed by atoms with Crippen molar-refractivity contribution >= 4 is 5.69 Å². The number of benzene rings is 1. The lowest BCUT2D eigenvalue weighted by molar-refractivity contribution is 0.0679. The number of aromatic nitrogens is 1. The van der Waals surface area contributed by atoms with Gasteiger partial charge in [-0.25, -0.2) is 8.78 Å².